The minimum Gasteiger partial charge on any atom is -0.352 e. The molecule has 168 valence electrons. The summed E-state index contributed by atoms with van der Waals surface area (Å²) >= 11 is 12.3. The van der Waals surface area contributed by atoms with E-state index in [9.17, 15) is 13.2 Å². The Morgan fingerprint density at radius 1 is 1.00 bits per heavy atom. The third-order valence-corrected chi connectivity index (χ3v) is 8.30. The number of fused-ring (bicyclic) bond motifs is 1. The van der Waals surface area contributed by atoms with Crippen molar-refractivity contribution < 1.29 is 13.2 Å². The maximum absolute atomic E-state index is 13.0. The van der Waals surface area contributed by atoms with Gasteiger partial charge in [-0.15, -0.1) is 0 Å². The van der Waals surface area contributed by atoms with Gasteiger partial charge in [0, 0.05) is 35.2 Å². The molecule has 0 aromatic heterocycles. The van der Waals surface area contributed by atoms with Crippen molar-refractivity contribution in [1.82, 2.24) is 9.62 Å². The number of hydrogen-bond acceptors (Lipinski definition) is 3. The molecule has 4 rings (SSSR count). The van der Waals surface area contributed by atoms with E-state index in [1.807, 2.05) is 36.4 Å². The third kappa shape index (κ3) is 5.26. The van der Waals surface area contributed by atoms with Gasteiger partial charge in [0.25, 0.3) is 0 Å². The molecule has 8 heteroatoms. The second-order valence-corrected chi connectivity index (χ2v) is 10.8. The van der Waals surface area contributed by atoms with E-state index in [1.165, 1.54) is 4.31 Å². The van der Waals surface area contributed by atoms with Crippen molar-refractivity contribution >= 4 is 49.9 Å². The van der Waals surface area contributed by atoms with E-state index in [1.54, 1.807) is 18.2 Å². The van der Waals surface area contributed by atoms with Gasteiger partial charge in [-0.25, -0.2) is 12.7 Å². The van der Waals surface area contributed by atoms with Crippen LogP contribution in [0.15, 0.2) is 60.7 Å². The first kappa shape index (κ1) is 23.1. The first-order valence-electron chi connectivity index (χ1n) is 10.5. The predicted molar refractivity (Wildman–Crippen MR) is 129 cm³/mol. The number of carbonyl (C=O) groups excluding carboxylic acids is 1. The van der Waals surface area contributed by atoms with Crippen LogP contribution >= 0.6 is 23.2 Å². The number of benzene rings is 3. The lowest BCUT2D eigenvalue weighted by Gasteiger charge is -2.31. The van der Waals surface area contributed by atoms with E-state index in [0.717, 1.165) is 16.3 Å². The normalized spacial score (nSPS) is 17.4. The van der Waals surface area contributed by atoms with E-state index in [2.05, 4.69) is 11.4 Å². The molecule has 32 heavy (non-hydrogen) atoms. The molecule has 0 saturated carbocycles. The van der Waals surface area contributed by atoms with Gasteiger partial charge in [0.2, 0.25) is 15.9 Å². The number of rotatable bonds is 6. The topological polar surface area (TPSA) is 66.5 Å². The van der Waals surface area contributed by atoms with Crippen LogP contribution in [0.5, 0.6) is 0 Å². The van der Waals surface area contributed by atoms with Gasteiger partial charge in [-0.3, -0.25) is 4.79 Å². The summed E-state index contributed by atoms with van der Waals surface area (Å²) in [6.45, 7) is 0.953. The molecule has 1 fully saturated rings. The second kappa shape index (κ2) is 9.79. The smallest absolute Gasteiger partial charge is 0.224 e. The monoisotopic (exact) mass is 490 g/mol. The van der Waals surface area contributed by atoms with Crippen LogP contribution < -0.4 is 5.32 Å². The van der Waals surface area contributed by atoms with Crippen molar-refractivity contribution in [3.8, 4) is 0 Å². The summed E-state index contributed by atoms with van der Waals surface area (Å²) in [7, 11) is -3.65. The minimum atomic E-state index is -3.65. The Kier molecular flexibility index (Phi) is 7.05. The Bertz CT molecular complexity index is 1230. The van der Waals surface area contributed by atoms with E-state index in [-0.39, 0.29) is 24.1 Å². The van der Waals surface area contributed by atoms with Crippen LogP contribution in [0.3, 0.4) is 0 Å². The molecular weight excluding hydrogens is 467 g/mol. The first-order chi connectivity index (χ1) is 15.3. The van der Waals surface area contributed by atoms with Crippen molar-refractivity contribution in [3.05, 3.63) is 81.8 Å². The van der Waals surface area contributed by atoms with Gasteiger partial charge in [-0.2, -0.15) is 0 Å². The highest BCUT2D eigenvalue weighted by molar-refractivity contribution is 7.88. The summed E-state index contributed by atoms with van der Waals surface area (Å²) in [5, 5.41) is 5.88. The fourth-order valence-electron chi connectivity index (χ4n) is 4.04. The van der Waals surface area contributed by atoms with Crippen molar-refractivity contribution in [2.24, 2.45) is 5.92 Å². The van der Waals surface area contributed by atoms with E-state index < -0.39 is 10.0 Å². The quantitative estimate of drug-likeness (QED) is 0.528. The minimum absolute atomic E-state index is 0.131. The second-order valence-electron chi connectivity index (χ2n) is 8.05. The molecule has 0 spiro atoms. The van der Waals surface area contributed by atoms with Gasteiger partial charge < -0.3 is 5.32 Å². The number of carbonyl (C=O) groups is 1. The number of amides is 1. The van der Waals surface area contributed by atoms with E-state index in [4.69, 9.17) is 23.2 Å². The van der Waals surface area contributed by atoms with Gasteiger partial charge in [-0.05, 0) is 47.4 Å². The van der Waals surface area contributed by atoms with Gasteiger partial charge in [-0.1, -0.05) is 65.7 Å². The van der Waals surface area contributed by atoms with Crippen LogP contribution in [-0.4, -0.2) is 31.7 Å². The summed E-state index contributed by atoms with van der Waals surface area (Å²) in [4.78, 5) is 12.8. The van der Waals surface area contributed by atoms with E-state index in [0.29, 0.717) is 41.5 Å². The largest absolute Gasteiger partial charge is 0.352 e. The summed E-state index contributed by atoms with van der Waals surface area (Å²) in [5.41, 5.74) is 1.39. The number of nitrogens with zero attached hydrogens (tertiary/aromatic N) is 1. The third-order valence-electron chi connectivity index (χ3n) is 5.82. The Balaban J connectivity index is 1.39. The van der Waals surface area contributed by atoms with Crippen LogP contribution in [0, 0.1) is 5.92 Å². The molecule has 3 aromatic carbocycles. The maximum atomic E-state index is 13.0. The summed E-state index contributed by atoms with van der Waals surface area (Å²) < 4.78 is 27.4. The molecule has 1 N–H and O–H groups in total. The van der Waals surface area contributed by atoms with Crippen molar-refractivity contribution in [1.29, 1.82) is 0 Å². The number of piperidine rings is 1. The number of sulfonamides is 1. The zero-order chi connectivity index (χ0) is 22.7. The van der Waals surface area contributed by atoms with Gasteiger partial charge >= 0.3 is 0 Å². The highest BCUT2D eigenvalue weighted by Gasteiger charge is 2.33. The summed E-state index contributed by atoms with van der Waals surface area (Å²) in [6, 6.07) is 19.1. The standard InChI is InChI=1S/C24H24Cl2N2O3S/c25-22-8-3-9-23(26)21(22)16-32(30,31)28-12-4-7-20(15-28)24(29)27-14-17-10-11-18-5-1-2-6-19(18)13-17/h1-3,5-6,8-11,13,20H,4,7,12,14-16H2,(H,27,29). The molecule has 0 radical (unpaired) electrons. The number of halogens is 2. The average molecular weight is 491 g/mol. The predicted octanol–water partition coefficient (Wildman–Crippen LogP) is 5.00. The van der Waals surface area contributed by atoms with E-state index >= 15 is 0 Å². The highest BCUT2D eigenvalue weighted by Crippen LogP contribution is 2.29. The SMILES string of the molecule is O=C(NCc1ccc2ccccc2c1)C1CCCN(S(=O)(=O)Cc2c(Cl)cccc2Cl)C1. The maximum Gasteiger partial charge on any atom is 0.224 e. The number of nitrogens with one attached hydrogen (secondary N) is 1. The Morgan fingerprint density at radius 3 is 2.47 bits per heavy atom. The fraction of sp³-hybridized carbons (Fsp3) is 0.292. The zero-order valence-electron chi connectivity index (χ0n) is 17.4. The lowest BCUT2D eigenvalue weighted by molar-refractivity contribution is -0.126. The van der Waals surface area contributed by atoms with Crippen LogP contribution in [-0.2, 0) is 27.1 Å². The van der Waals surface area contributed by atoms with Gasteiger partial charge in [0.1, 0.15) is 0 Å². The molecule has 1 unspecified atom stereocenters. The lowest BCUT2D eigenvalue weighted by atomic mass is 9.98. The fourth-order valence-corrected chi connectivity index (χ4v) is 6.40. The molecule has 1 heterocycles. The Labute approximate surface area is 198 Å². The molecule has 3 aromatic rings. The molecule has 1 aliphatic rings. The van der Waals surface area contributed by atoms with Crippen molar-refractivity contribution in [3.63, 3.8) is 0 Å². The Morgan fingerprint density at radius 2 is 1.72 bits per heavy atom. The van der Waals surface area contributed by atoms with Crippen LogP contribution in [0.4, 0.5) is 0 Å². The van der Waals surface area contributed by atoms with Crippen LogP contribution in [0.1, 0.15) is 24.0 Å². The van der Waals surface area contributed by atoms with Crippen LogP contribution in [0.2, 0.25) is 10.0 Å². The molecule has 0 aliphatic carbocycles. The lowest BCUT2D eigenvalue weighted by Crippen LogP contribution is -2.45. The van der Waals surface area contributed by atoms with Crippen molar-refractivity contribution in [2.45, 2.75) is 25.1 Å². The molecule has 1 aliphatic heterocycles. The summed E-state index contributed by atoms with van der Waals surface area (Å²) in [5.74, 6) is -0.800. The average Bonchev–Trinajstić information content (AvgIpc) is 2.80. The molecule has 1 saturated heterocycles. The van der Waals surface area contributed by atoms with Gasteiger partial charge in [0.15, 0.2) is 0 Å². The van der Waals surface area contributed by atoms with Crippen LogP contribution in [0.25, 0.3) is 10.8 Å². The molecular formula is C24H24Cl2N2O3S. The molecule has 0 bridgehead atoms. The Hall–Kier alpha value is -2.12. The van der Waals surface area contributed by atoms with Crippen molar-refractivity contribution in [2.75, 3.05) is 13.1 Å². The highest BCUT2D eigenvalue weighted by atomic mass is 35.5. The van der Waals surface area contributed by atoms with Gasteiger partial charge in [0.05, 0.1) is 11.7 Å². The molecule has 5 nitrogen and oxygen atoms in total. The molecule has 1 atom stereocenters. The number of hydrogen-bond donors (Lipinski definition) is 1. The summed E-state index contributed by atoms with van der Waals surface area (Å²) in [6.07, 6.45) is 1.28. The zero-order valence-corrected chi connectivity index (χ0v) is 19.8. The molecule has 1 amide bonds. The first-order valence-corrected chi connectivity index (χ1v) is 12.9.